The van der Waals surface area contributed by atoms with Crippen molar-refractivity contribution in [2.75, 3.05) is 26.2 Å². The van der Waals surface area contributed by atoms with Crippen molar-refractivity contribution in [1.29, 1.82) is 0 Å². The fraction of sp³-hybridized carbons (Fsp3) is 0.480. The number of halogens is 1. The van der Waals surface area contributed by atoms with Gasteiger partial charge in [-0.15, -0.1) is 0 Å². The number of rotatable bonds is 5. The molecule has 0 radical (unpaired) electrons. The van der Waals surface area contributed by atoms with Gasteiger partial charge in [-0.05, 0) is 68.3 Å². The molecular weight excluding hydrogens is 380 g/mol. The molecule has 0 N–H and O–H groups in total. The number of likely N-dealkylation sites (tertiary alicyclic amines) is 2. The molecule has 0 atom stereocenters. The first-order valence-electron chi connectivity index (χ1n) is 11.0. The summed E-state index contributed by atoms with van der Waals surface area (Å²) in [7, 11) is 0. The van der Waals surface area contributed by atoms with E-state index in [0.29, 0.717) is 11.8 Å². The normalized spacial score (nSPS) is 19.4. The van der Waals surface area contributed by atoms with E-state index in [1.807, 2.05) is 18.2 Å². The zero-order valence-corrected chi connectivity index (χ0v) is 17.9. The van der Waals surface area contributed by atoms with Gasteiger partial charge in [0.15, 0.2) is 0 Å². The van der Waals surface area contributed by atoms with Crippen molar-refractivity contribution >= 4 is 17.5 Å². The van der Waals surface area contributed by atoms with Gasteiger partial charge in [-0.3, -0.25) is 9.69 Å². The van der Waals surface area contributed by atoms with E-state index >= 15 is 0 Å². The third-order valence-electron chi connectivity index (χ3n) is 6.58. The minimum absolute atomic E-state index is 0.197. The summed E-state index contributed by atoms with van der Waals surface area (Å²) < 4.78 is 0. The average Bonchev–Trinajstić information content (AvgIpc) is 2.77. The van der Waals surface area contributed by atoms with Crippen LogP contribution in [0.4, 0.5) is 0 Å². The Labute approximate surface area is 179 Å². The van der Waals surface area contributed by atoms with Crippen molar-refractivity contribution in [3.63, 3.8) is 0 Å². The number of benzene rings is 2. The summed E-state index contributed by atoms with van der Waals surface area (Å²) >= 11 is 6.30. The molecule has 2 aliphatic heterocycles. The number of hydrogen-bond acceptors (Lipinski definition) is 2. The monoisotopic (exact) mass is 410 g/mol. The Bertz CT molecular complexity index is 793. The van der Waals surface area contributed by atoms with E-state index in [1.54, 1.807) is 0 Å². The van der Waals surface area contributed by atoms with Gasteiger partial charge >= 0.3 is 0 Å². The highest BCUT2D eigenvalue weighted by Gasteiger charge is 2.31. The van der Waals surface area contributed by atoms with Crippen molar-refractivity contribution in [1.82, 2.24) is 9.80 Å². The van der Waals surface area contributed by atoms with E-state index in [-0.39, 0.29) is 5.92 Å². The van der Waals surface area contributed by atoms with Gasteiger partial charge in [-0.1, -0.05) is 60.1 Å². The smallest absolute Gasteiger partial charge is 0.225 e. The van der Waals surface area contributed by atoms with Crippen molar-refractivity contribution in [3.05, 3.63) is 70.7 Å². The highest BCUT2D eigenvalue weighted by molar-refractivity contribution is 6.31. The molecule has 0 bridgehead atoms. The molecule has 0 unspecified atom stereocenters. The first-order chi connectivity index (χ1) is 14.2. The molecule has 154 valence electrons. The van der Waals surface area contributed by atoms with Gasteiger partial charge in [0, 0.05) is 30.6 Å². The molecule has 4 rings (SSSR count). The molecular formula is C25H31ClN2O. The second-order valence-corrected chi connectivity index (χ2v) is 9.01. The first kappa shape index (κ1) is 20.4. The highest BCUT2D eigenvalue weighted by atomic mass is 35.5. The molecule has 2 aromatic rings. The van der Waals surface area contributed by atoms with E-state index in [4.69, 9.17) is 11.6 Å². The summed E-state index contributed by atoms with van der Waals surface area (Å²) in [5.41, 5.74) is 2.60. The van der Waals surface area contributed by atoms with Crippen molar-refractivity contribution in [2.24, 2.45) is 11.8 Å². The topological polar surface area (TPSA) is 23.6 Å². The van der Waals surface area contributed by atoms with Crippen LogP contribution in [0.25, 0.3) is 0 Å². The summed E-state index contributed by atoms with van der Waals surface area (Å²) in [6.45, 7) is 4.69. The summed E-state index contributed by atoms with van der Waals surface area (Å²) in [6, 6.07) is 18.8. The first-order valence-corrected chi connectivity index (χ1v) is 11.4. The summed E-state index contributed by atoms with van der Waals surface area (Å²) in [5.74, 6) is 1.29. The van der Waals surface area contributed by atoms with Gasteiger partial charge in [0.2, 0.25) is 5.91 Å². The fourth-order valence-electron chi connectivity index (χ4n) is 4.77. The standard InChI is InChI=1S/C25H31ClN2O/c26-24-9-5-4-8-23(24)19-27-14-12-22(13-15-27)25(29)28-16-10-21(11-17-28)18-20-6-2-1-3-7-20/h1-9,21-22H,10-19H2. The quantitative estimate of drug-likeness (QED) is 0.689. The second-order valence-electron chi connectivity index (χ2n) is 8.60. The van der Waals surface area contributed by atoms with E-state index in [9.17, 15) is 4.79 Å². The largest absolute Gasteiger partial charge is 0.342 e. The van der Waals surface area contributed by atoms with E-state index in [0.717, 1.165) is 69.9 Å². The summed E-state index contributed by atoms with van der Waals surface area (Å²) in [6.07, 6.45) is 5.34. The molecule has 2 aromatic carbocycles. The Morgan fingerprint density at radius 3 is 2.21 bits per heavy atom. The van der Waals surface area contributed by atoms with Gasteiger partial charge < -0.3 is 4.90 Å². The molecule has 2 heterocycles. The van der Waals surface area contributed by atoms with E-state index in [1.165, 1.54) is 11.1 Å². The Kier molecular flexibility index (Phi) is 6.89. The lowest BCUT2D eigenvalue weighted by molar-refractivity contribution is -0.138. The van der Waals surface area contributed by atoms with Crippen LogP contribution in [0.3, 0.4) is 0 Å². The van der Waals surface area contributed by atoms with Crippen molar-refractivity contribution < 1.29 is 4.79 Å². The Balaban J connectivity index is 1.21. The number of hydrogen-bond donors (Lipinski definition) is 0. The van der Waals surface area contributed by atoms with Crippen LogP contribution < -0.4 is 0 Å². The summed E-state index contributed by atoms with van der Waals surface area (Å²) in [5, 5.41) is 0.837. The van der Waals surface area contributed by atoms with Crippen LogP contribution in [0.5, 0.6) is 0 Å². The van der Waals surface area contributed by atoms with Crippen LogP contribution in [0.15, 0.2) is 54.6 Å². The van der Waals surface area contributed by atoms with Crippen LogP contribution in [0, 0.1) is 11.8 Å². The van der Waals surface area contributed by atoms with E-state index < -0.39 is 0 Å². The third kappa shape index (κ3) is 5.40. The SMILES string of the molecule is O=C(C1CCN(Cc2ccccc2Cl)CC1)N1CCC(Cc2ccccc2)CC1. The molecule has 2 fully saturated rings. The van der Waals surface area contributed by atoms with Crippen LogP contribution >= 0.6 is 11.6 Å². The highest BCUT2D eigenvalue weighted by Crippen LogP contribution is 2.27. The minimum atomic E-state index is 0.197. The van der Waals surface area contributed by atoms with Gasteiger partial charge in [-0.2, -0.15) is 0 Å². The molecule has 2 aliphatic rings. The van der Waals surface area contributed by atoms with Gasteiger partial charge in [0.25, 0.3) is 0 Å². The van der Waals surface area contributed by atoms with Crippen molar-refractivity contribution in [3.8, 4) is 0 Å². The Morgan fingerprint density at radius 1 is 0.862 bits per heavy atom. The van der Waals surface area contributed by atoms with Crippen LogP contribution in [0.1, 0.15) is 36.8 Å². The lowest BCUT2D eigenvalue weighted by Crippen LogP contribution is -2.45. The Hall–Kier alpha value is -1.84. The maximum atomic E-state index is 13.0. The van der Waals surface area contributed by atoms with E-state index in [2.05, 4.69) is 46.2 Å². The molecule has 0 saturated carbocycles. The number of carbonyl (C=O) groups is 1. The fourth-order valence-corrected chi connectivity index (χ4v) is 4.96. The van der Waals surface area contributed by atoms with Crippen molar-refractivity contribution in [2.45, 2.75) is 38.6 Å². The Morgan fingerprint density at radius 2 is 1.52 bits per heavy atom. The second kappa shape index (κ2) is 9.77. The van der Waals surface area contributed by atoms with Gasteiger partial charge in [0.1, 0.15) is 0 Å². The maximum Gasteiger partial charge on any atom is 0.225 e. The molecule has 2 saturated heterocycles. The number of nitrogens with zero attached hydrogens (tertiary/aromatic N) is 2. The average molecular weight is 411 g/mol. The molecule has 1 amide bonds. The lowest BCUT2D eigenvalue weighted by Gasteiger charge is -2.37. The van der Waals surface area contributed by atoms with Gasteiger partial charge in [-0.25, -0.2) is 0 Å². The number of piperidine rings is 2. The number of amides is 1. The molecule has 0 aliphatic carbocycles. The lowest BCUT2D eigenvalue weighted by atomic mass is 9.88. The number of carbonyl (C=O) groups excluding carboxylic acids is 1. The summed E-state index contributed by atoms with van der Waals surface area (Å²) in [4.78, 5) is 17.6. The van der Waals surface area contributed by atoms with Crippen LogP contribution in [-0.2, 0) is 17.8 Å². The molecule has 0 spiro atoms. The molecule has 4 heteroatoms. The molecule has 3 nitrogen and oxygen atoms in total. The minimum Gasteiger partial charge on any atom is -0.342 e. The van der Waals surface area contributed by atoms with Crippen LogP contribution in [-0.4, -0.2) is 41.9 Å². The predicted molar refractivity (Wildman–Crippen MR) is 119 cm³/mol. The zero-order chi connectivity index (χ0) is 20.1. The molecule has 29 heavy (non-hydrogen) atoms. The predicted octanol–water partition coefficient (Wildman–Crippen LogP) is 5.03. The zero-order valence-electron chi connectivity index (χ0n) is 17.1. The molecule has 0 aromatic heterocycles. The maximum absolute atomic E-state index is 13.0. The van der Waals surface area contributed by atoms with Crippen LogP contribution in [0.2, 0.25) is 5.02 Å². The van der Waals surface area contributed by atoms with Gasteiger partial charge in [0.05, 0.1) is 0 Å². The third-order valence-corrected chi connectivity index (χ3v) is 6.95.